The van der Waals surface area contributed by atoms with Crippen LogP contribution >= 0.6 is 0 Å². The monoisotopic (exact) mass is 543 g/mol. The summed E-state index contributed by atoms with van der Waals surface area (Å²) in [5, 5.41) is 23.4. The molecule has 0 atom stereocenters. The number of unbranched alkanes of at least 4 members (excludes halogenated alkanes) is 20. The van der Waals surface area contributed by atoms with Crippen molar-refractivity contribution < 1.29 is 19.8 Å². The lowest BCUT2D eigenvalue weighted by Crippen LogP contribution is -2.39. The van der Waals surface area contributed by atoms with Crippen LogP contribution < -0.4 is 10.6 Å². The zero-order valence-electron chi connectivity index (χ0n) is 25.5. The molecule has 1 aliphatic rings. The van der Waals surface area contributed by atoms with E-state index in [0.29, 0.717) is 12.8 Å². The van der Waals surface area contributed by atoms with Crippen molar-refractivity contribution >= 4 is 11.9 Å². The lowest BCUT2D eigenvalue weighted by atomic mass is 10.1. The Balaban J connectivity index is 0. The molecule has 6 nitrogen and oxygen atoms in total. The molecule has 228 valence electrons. The van der Waals surface area contributed by atoms with E-state index in [1.54, 1.807) is 0 Å². The molecule has 1 heterocycles. The maximum Gasteiger partial charge on any atom is 0.303 e. The lowest BCUT2D eigenvalue weighted by molar-refractivity contribution is -0.138. The first-order valence-corrected chi connectivity index (χ1v) is 16.4. The van der Waals surface area contributed by atoms with Crippen molar-refractivity contribution in [3.05, 3.63) is 0 Å². The number of hydrogen-bond acceptors (Lipinski definition) is 4. The zero-order valence-corrected chi connectivity index (χ0v) is 25.5. The van der Waals surface area contributed by atoms with Crippen LogP contribution in [0.15, 0.2) is 0 Å². The molecule has 1 fully saturated rings. The Labute approximate surface area is 236 Å². The van der Waals surface area contributed by atoms with Gasteiger partial charge in [-0.1, -0.05) is 142 Å². The van der Waals surface area contributed by atoms with Gasteiger partial charge in [-0.25, -0.2) is 0 Å². The zero-order chi connectivity index (χ0) is 28.4. The Kier molecular flexibility index (Phi) is 36.8. The molecule has 0 aromatic carbocycles. The van der Waals surface area contributed by atoms with Crippen molar-refractivity contribution in [3.8, 4) is 0 Å². The van der Waals surface area contributed by atoms with Crippen LogP contribution in [-0.2, 0) is 9.59 Å². The molecule has 0 saturated carbocycles. The van der Waals surface area contributed by atoms with Gasteiger partial charge in [0.15, 0.2) is 0 Å². The van der Waals surface area contributed by atoms with Gasteiger partial charge in [-0.15, -0.1) is 0 Å². The summed E-state index contributed by atoms with van der Waals surface area (Å²) in [6, 6.07) is 0. The minimum Gasteiger partial charge on any atom is -0.481 e. The highest BCUT2D eigenvalue weighted by atomic mass is 16.4. The molecule has 1 rings (SSSR count). The summed E-state index contributed by atoms with van der Waals surface area (Å²) in [6.07, 6.45) is 28.7. The van der Waals surface area contributed by atoms with Crippen molar-refractivity contribution in [2.75, 3.05) is 26.2 Å². The van der Waals surface area contributed by atoms with Gasteiger partial charge in [0.1, 0.15) is 0 Å². The van der Waals surface area contributed by atoms with Gasteiger partial charge in [0.05, 0.1) is 0 Å². The van der Waals surface area contributed by atoms with Gasteiger partial charge in [-0.05, 0) is 12.8 Å². The van der Waals surface area contributed by atoms with E-state index in [1.165, 1.54) is 116 Å². The number of piperazine rings is 1. The van der Waals surface area contributed by atoms with Crippen LogP contribution in [0.1, 0.15) is 168 Å². The minimum absolute atomic E-state index is 0.344. The van der Waals surface area contributed by atoms with Gasteiger partial charge in [-0.3, -0.25) is 9.59 Å². The van der Waals surface area contributed by atoms with Gasteiger partial charge >= 0.3 is 11.9 Å². The lowest BCUT2D eigenvalue weighted by Gasteiger charge is -2.11. The van der Waals surface area contributed by atoms with Crippen molar-refractivity contribution in [3.63, 3.8) is 0 Å². The van der Waals surface area contributed by atoms with Gasteiger partial charge in [0.25, 0.3) is 0 Å². The maximum absolute atomic E-state index is 10.3. The molecule has 0 aromatic heterocycles. The maximum atomic E-state index is 10.3. The van der Waals surface area contributed by atoms with E-state index >= 15 is 0 Å². The second-order valence-corrected chi connectivity index (χ2v) is 10.9. The van der Waals surface area contributed by atoms with Crippen LogP contribution in [0.25, 0.3) is 0 Å². The molecule has 1 aliphatic heterocycles. The normalized spacial score (nSPS) is 12.7. The SMILES string of the molecule is C1CNCCN1.CCCCCCCCCCCCCC(=O)O.CCCCCCCCCCCCCC(=O)O. The van der Waals surface area contributed by atoms with E-state index in [2.05, 4.69) is 24.5 Å². The summed E-state index contributed by atoms with van der Waals surface area (Å²) in [4.78, 5) is 20.5. The van der Waals surface area contributed by atoms with E-state index in [-0.39, 0.29) is 0 Å². The molecule has 0 bridgehead atoms. The van der Waals surface area contributed by atoms with E-state index < -0.39 is 11.9 Å². The molecule has 0 spiro atoms. The highest BCUT2D eigenvalue weighted by Crippen LogP contribution is 2.12. The van der Waals surface area contributed by atoms with Crippen LogP contribution in [0.2, 0.25) is 0 Å². The number of carboxylic acid groups (broad SMARTS) is 2. The fourth-order valence-corrected chi connectivity index (χ4v) is 4.48. The highest BCUT2D eigenvalue weighted by Gasteiger charge is 1.98. The van der Waals surface area contributed by atoms with E-state index in [4.69, 9.17) is 10.2 Å². The van der Waals surface area contributed by atoms with Crippen LogP contribution in [-0.4, -0.2) is 48.3 Å². The quantitative estimate of drug-likeness (QED) is 0.0910. The molecular formula is C32H66N2O4. The molecule has 0 aromatic rings. The molecule has 1 saturated heterocycles. The molecule has 6 heteroatoms. The van der Waals surface area contributed by atoms with Crippen molar-refractivity contribution in [2.24, 2.45) is 0 Å². The Hall–Kier alpha value is -1.14. The molecule has 0 unspecified atom stereocenters. The Morgan fingerprint density at radius 1 is 0.421 bits per heavy atom. The molecule has 4 N–H and O–H groups in total. The summed E-state index contributed by atoms with van der Waals surface area (Å²) in [7, 11) is 0. The van der Waals surface area contributed by atoms with Crippen LogP contribution in [0.5, 0.6) is 0 Å². The minimum atomic E-state index is -0.657. The third-order valence-corrected chi connectivity index (χ3v) is 6.95. The van der Waals surface area contributed by atoms with Crippen LogP contribution in [0, 0.1) is 0 Å². The largest absolute Gasteiger partial charge is 0.481 e. The molecule has 38 heavy (non-hydrogen) atoms. The van der Waals surface area contributed by atoms with Gasteiger partial charge in [0, 0.05) is 39.0 Å². The smallest absolute Gasteiger partial charge is 0.303 e. The summed E-state index contributed by atoms with van der Waals surface area (Å²) >= 11 is 0. The number of carbonyl (C=O) groups is 2. The van der Waals surface area contributed by atoms with Crippen molar-refractivity contribution in [1.82, 2.24) is 10.6 Å². The first kappa shape index (κ1) is 39.0. The standard InChI is InChI=1S/2C14H28O2.C4H10N2/c2*1-2-3-4-5-6-7-8-9-10-11-12-13-14(15)16;1-2-6-4-3-5-1/h2*2-13H2,1H3,(H,15,16);5-6H,1-4H2. The Bertz CT molecular complexity index is 423. The molecule has 0 aliphatic carbocycles. The third-order valence-electron chi connectivity index (χ3n) is 6.95. The average molecular weight is 543 g/mol. The predicted octanol–water partition coefficient (Wildman–Crippen LogP) is 8.72. The second-order valence-electron chi connectivity index (χ2n) is 10.9. The number of aliphatic carboxylic acids is 2. The Morgan fingerprint density at radius 3 is 0.816 bits per heavy atom. The van der Waals surface area contributed by atoms with Gasteiger partial charge in [-0.2, -0.15) is 0 Å². The van der Waals surface area contributed by atoms with Crippen molar-refractivity contribution in [2.45, 2.75) is 168 Å². The topological polar surface area (TPSA) is 98.7 Å². The summed E-state index contributed by atoms with van der Waals surface area (Å²) in [5.41, 5.74) is 0. The van der Waals surface area contributed by atoms with Gasteiger partial charge < -0.3 is 20.8 Å². The number of nitrogens with one attached hydrogen (secondary N) is 2. The number of hydrogen-bond donors (Lipinski definition) is 4. The first-order chi connectivity index (χ1) is 18.5. The molecule has 0 radical (unpaired) electrons. The van der Waals surface area contributed by atoms with Crippen LogP contribution in [0.3, 0.4) is 0 Å². The van der Waals surface area contributed by atoms with Gasteiger partial charge in [0.2, 0.25) is 0 Å². The van der Waals surface area contributed by atoms with E-state index in [1.807, 2.05) is 0 Å². The second kappa shape index (κ2) is 35.9. The number of rotatable bonds is 24. The Morgan fingerprint density at radius 2 is 0.632 bits per heavy atom. The van der Waals surface area contributed by atoms with E-state index in [9.17, 15) is 9.59 Å². The summed E-state index contributed by atoms with van der Waals surface area (Å²) < 4.78 is 0. The fraction of sp³-hybridized carbons (Fsp3) is 0.938. The molecule has 0 amide bonds. The van der Waals surface area contributed by atoms with Crippen molar-refractivity contribution in [1.29, 1.82) is 0 Å². The third kappa shape index (κ3) is 42.0. The first-order valence-electron chi connectivity index (χ1n) is 16.4. The summed E-state index contributed by atoms with van der Waals surface area (Å²) in [5.74, 6) is -1.31. The average Bonchev–Trinajstić information content (AvgIpc) is 2.92. The predicted molar refractivity (Wildman–Crippen MR) is 163 cm³/mol. The molecular weight excluding hydrogens is 476 g/mol. The summed E-state index contributed by atoms with van der Waals surface area (Å²) in [6.45, 7) is 9.05. The fourth-order valence-electron chi connectivity index (χ4n) is 4.48. The van der Waals surface area contributed by atoms with E-state index in [0.717, 1.165) is 51.9 Å². The van der Waals surface area contributed by atoms with Crippen LogP contribution in [0.4, 0.5) is 0 Å². The highest BCUT2D eigenvalue weighted by molar-refractivity contribution is 5.66. The number of carboxylic acids is 2.